The molecule has 1 saturated carbocycles. The molecule has 0 unspecified atom stereocenters. The zero-order valence-electron chi connectivity index (χ0n) is 11.6. The van der Waals surface area contributed by atoms with Gasteiger partial charge in [0, 0.05) is 24.0 Å². The molecule has 1 amide bonds. The monoisotopic (exact) mass is 275 g/mol. The summed E-state index contributed by atoms with van der Waals surface area (Å²) in [5.74, 6) is 0.348. The molecule has 1 aliphatic rings. The summed E-state index contributed by atoms with van der Waals surface area (Å²) in [4.78, 5) is 22.6. The van der Waals surface area contributed by atoms with Crippen LogP contribution in [0.1, 0.15) is 34.8 Å². The molecular formula is C13H17N5O2. The molecule has 2 heterocycles. The Morgan fingerprint density at radius 1 is 1.45 bits per heavy atom. The lowest BCUT2D eigenvalue weighted by Gasteiger charge is -2.19. The SMILES string of the molecule is Cc1cc(C)n2nc(C(=O)N(CCO)C3CC3)nc2n1. The summed E-state index contributed by atoms with van der Waals surface area (Å²) in [6.45, 7) is 4.05. The zero-order chi connectivity index (χ0) is 14.3. The van der Waals surface area contributed by atoms with Gasteiger partial charge in [-0.15, -0.1) is 5.10 Å². The Bertz CT molecular complexity index is 662. The minimum absolute atomic E-state index is 0.0496. The lowest BCUT2D eigenvalue weighted by molar-refractivity contribution is 0.0695. The van der Waals surface area contributed by atoms with Gasteiger partial charge in [-0.25, -0.2) is 9.50 Å². The van der Waals surface area contributed by atoms with Gasteiger partial charge in [-0.3, -0.25) is 4.79 Å². The first-order valence-corrected chi connectivity index (χ1v) is 6.73. The van der Waals surface area contributed by atoms with Gasteiger partial charge >= 0.3 is 0 Å². The number of aliphatic hydroxyl groups is 1. The number of aromatic nitrogens is 4. The largest absolute Gasteiger partial charge is 0.395 e. The summed E-state index contributed by atoms with van der Waals surface area (Å²) < 4.78 is 1.57. The summed E-state index contributed by atoms with van der Waals surface area (Å²) in [6, 6.07) is 2.11. The van der Waals surface area contributed by atoms with Crippen LogP contribution in [-0.4, -0.2) is 54.7 Å². The molecule has 0 aromatic carbocycles. The molecule has 1 aliphatic carbocycles. The van der Waals surface area contributed by atoms with Gasteiger partial charge < -0.3 is 10.0 Å². The van der Waals surface area contributed by atoms with Crippen molar-refractivity contribution in [1.82, 2.24) is 24.5 Å². The molecule has 20 heavy (non-hydrogen) atoms. The van der Waals surface area contributed by atoms with Crippen LogP contribution in [0.2, 0.25) is 0 Å². The average molecular weight is 275 g/mol. The first-order valence-electron chi connectivity index (χ1n) is 6.73. The molecule has 2 aromatic heterocycles. The Labute approximate surface area is 116 Å². The quantitative estimate of drug-likeness (QED) is 0.869. The zero-order valence-corrected chi connectivity index (χ0v) is 11.6. The first-order chi connectivity index (χ1) is 9.60. The molecule has 1 N–H and O–H groups in total. The first kappa shape index (κ1) is 13.0. The van der Waals surface area contributed by atoms with Crippen LogP contribution in [0.3, 0.4) is 0 Å². The summed E-state index contributed by atoms with van der Waals surface area (Å²) in [6.07, 6.45) is 1.96. The Hall–Kier alpha value is -2.02. The van der Waals surface area contributed by atoms with E-state index in [-0.39, 0.29) is 24.4 Å². The normalized spacial score (nSPS) is 14.8. The fourth-order valence-electron chi connectivity index (χ4n) is 2.33. The van der Waals surface area contributed by atoms with Crippen molar-refractivity contribution >= 4 is 11.7 Å². The number of amides is 1. The summed E-state index contributed by atoms with van der Waals surface area (Å²) in [5, 5.41) is 13.3. The second-order valence-electron chi connectivity index (χ2n) is 5.14. The van der Waals surface area contributed by atoms with Gasteiger partial charge in [0.2, 0.25) is 5.82 Å². The third-order valence-electron chi connectivity index (χ3n) is 3.40. The number of carbonyl (C=O) groups excluding carboxylic acids is 1. The van der Waals surface area contributed by atoms with E-state index in [1.165, 1.54) is 0 Å². The van der Waals surface area contributed by atoms with E-state index < -0.39 is 0 Å². The van der Waals surface area contributed by atoms with Crippen LogP contribution in [0, 0.1) is 13.8 Å². The molecule has 1 fully saturated rings. The lowest BCUT2D eigenvalue weighted by Crippen LogP contribution is -2.36. The number of aliphatic hydroxyl groups excluding tert-OH is 1. The minimum Gasteiger partial charge on any atom is -0.395 e. The van der Waals surface area contributed by atoms with E-state index in [9.17, 15) is 4.79 Å². The number of hydrogen-bond donors (Lipinski definition) is 1. The smallest absolute Gasteiger partial charge is 0.293 e. The van der Waals surface area contributed by atoms with Crippen molar-refractivity contribution in [3.63, 3.8) is 0 Å². The average Bonchev–Trinajstić information content (AvgIpc) is 3.14. The predicted molar refractivity (Wildman–Crippen MR) is 71.4 cm³/mol. The van der Waals surface area contributed by atoms with Crippen LogP contribution >= 0.6 is 0 Å². The number of aryl methyl sites for hydroxylation is 2. The van der Waals surface area contributed by atoms with Crippen LogP contribution in [0.25, 0.3) is 5.78 Å². The van der Waals surface area contributed by atoms with Crippen molar-refractivity contribution < 1.29 is 9.90 Å². The molecule has 0 bridgehead atoms. The number of hydrogen-bond acceptors (Lipinski definition) is 5. The predicted octanol–water partition coefficient (Wildman–Crippen LogP) is 0.338. The second-order valence-corrected chi connectivity index (χ2v) is 5.14. The highest BCUT2D eigenvalue weighted by Crippen LogP contribution is 2.27. The Morgan fingerprint density at radius 3 is 2.85 bits per heavy atom. The van der Waals surface area contributed by atoms with Crippen LogP contribution in [0.4, 0.5) is 0 Å². The number of carbonyl (C=O) groups is 1. The van der Waals surface area contributed by atoms with E-state index in [0.717, 1.165) is 24.2 Å². The van der Waals surface area contributed by atoms with Crippen molar-refractivity contribution in [2.45, 2.75) is 32.7 Å². The highest BCUT2D eigenvalue weighted by molar-refractivity contribution is 5.91. The molecule has 0 aliphatic heterocycles. The fourth-order valence-corrected chi connectivity index (χ4v) is 2.33. The van der Waals surface area contributed by atoms with Gasteiger partial charge in [-0.05, 0) is 32.8 Å². The molecular weight excluding hydrogens is 258 g/mol. The highest BCUT2D eigenvalue weighted by atomic mass is 16.3. The molecule has 7 heteroatoms. The molecule has 3 rings (SSSR count). The van der Waals surface area contributed by atoms with Crippen LogP contribution in [-0.2, 0) is 0 Å². The summed E-state index contributed by atoms with van der Waals surface area (Å²) in [5.41, 5.74) is 1.73. The van der Waals surface area contributed by atoms with Gasteiger partial charge in [0.05, 0.1) is 6.61 Å². The highest BCUT2D eigenvalue weighted by Gasteiger charge is 2.34. The third kappa shape index (κ3) is 2.24. The van der Waals surface area contributed by atoms with Crippen LogP contribution < -0.4 is 0 Å². The van der Waals surface area contributed by atoms with E-state index in [4.69, 9.17) is 5.11 Å². The van der Waals surface area contributed by atoms with E-state index in [1.807, 2.05) is 19.9 Å². The van der Waals surface area contributed by atoms with Gasteiger partial charge in [0.15, 0.2) is 0 Å². The maximum atomic E-state index is 12.4. The number of rotatable bonds is 4. The van der Waals surface area contributed by atoms with E-state index in [1.54, 1.807) is 9.42 Å². The maximum absolute atomic E-state index is 12.4. The molecule has 0 radical (unpaired) electrons. The molecule has 2 aromatic rings. The van der Waals surface area contributed by atoms with Crippen molar-refractivity contribution in [2.75, 3.05) is 13.2 Å². The Balaban J connectivity index is 1.96. The Kier molecular flexibility index (Phi) is 3.13. The second kappa shape index (κ2) is 4.82. The van der Waals surface area contributed by atoms with Crippen molar-refractivity contribution in [3.05, 3.63) is 23.3 Å². The van der Waals surface area contributed by atoms with Gasteiger partial charge in [0.25, 0.3) is 11.7 Å². The van der Waals surface area contributed by atoms with E-state index in [0.29, 0.717) is 12.3 Å². The van der Waals surface area contributed by atoms with Gasteiger partial charge in [0.1, 0.15) is 0 Å². The van der Waals surface area contributed by atoms with E-state index >= 15 is 0 Å². The standard InChI is InChI=1S/C13H17N5O2/c1-8-7-9(2)18-13(14-8)15-11(16-18)12(20)17(5-6-19)10-3-4-10/h7,10,19H,3-6H2,1-2H3. The molecule has 0 spiro atoms. The number of nitrogens with zero attached hydrogens (tertiary/aromatic N) is 5. The molecule has 0 atom stereocenters. The van der Waals surface area contributed by atoms with Crippen molar-refractivity contribution in [2.24, 2.45) is 0 Å². The van der Waals surface area contributed by atoms with Crippen LogP contribution in [0.5, 0.6) is 0 Å². The molecule has 7 nitrogen and oxygen atoms in total. The topological polar surface area (TPSA) is 83.6 Å². The molecule has 106 valence electrons. The molecule has 0 saturated heterocycles. The summed E-state index contributed by atoms with van der Waals surface area (Å²) in [7, 11) is 0. The van der Waals surface area contributed by atoms with Gasteiger partial charge in [-0.1, -0.05) is 0 Å². The lowest BCUT2D eigenvalue weighted by atomic mass is 10.4. The van der Waals surface area contributed by atoms with Gasteiger partial charge in [-0.2, -0.15) is 4.98 Å². The van der Waals surface area contributed by atoms with E-state index in [2.05, 4.69) is 15.1 Å². The maximum Gasteiger partial charge on any atom is 0.293 e. The number of fused-ring (bicyclic) bond motifs is 1. The van der Waals surface area contributed by atoms with Crippen molar-refractivity contribution in [1.29, 1.82) is 0 Å². The summed E-state index contributed by atoms with van der Waals surface area (Å²) >= 11 is 0. The Morgan fingerprint density at radius 2 is 2.20 bits per heavy atom. The van der Waals surface area contributed by atoms with Crippen LogP contribution in [0.15, 0.2) is 6.07 Å². The minimum atomic E-state index is -0.232. The van der Waals surface area contributed by atoms with Crippen molar-refractivity contribution in [3.8, 4) is 0 Å². The fraction of sp³-hybridized carbons (Fsp3) is 0.538. The third-order valence-corrected chi connectivity index (χ3v) is 3.40.